The van der Waals surface area contributed by atoms with Crippen molar-refractivity contribution in [3.8, 4) is 0 Å². The minimum atomic E-state index is 0.395. The van der Waals surface area contributed by atoms with Gasteiger partial charge in [-0.05, 0) is 59.8 Å². The average Bonchev–Trinajstić information content (AvgIpc) is 2.78. The first-order chi connectivity index (χ1) is 7.72. The molecule has 1 fully saturated rings. The maximum Gasteiger partial charge on any atom is 0.0513 e. The third-order valence-electron chi connectivity index (χ3n) is 3.04. The minimum absolute atomic E-state index is 0.395. The summed E-state index contributed by atoms with van der Waals surface area (Å²) in [4.78, 5) is 0. The molecule has 0 amide bonds. The van der Waals surface area contributed by atoms with Crippen LogP contribution >= 0.6 is 38.5 Å². The van der Waals surface area contributed by atoms with Crippen LogP contribution < -0.4 is 5.32 Å². The van der Waals surface area contributed by atoms with Crippen molar-refractivity contribution in [1.29, 1.82) is 0 Å². The summed E-state index contributed by atoms with van der Waals surface area (Å²) in [6, 6.07) is 6.84. The molecule has 0 aliphatic carbocycles. The van der Waals surface area contributed by atoms with Crippen molar-refractivity contribution in [2.75, 3.05) is 20.3 Å². The second-order valence-electron chi connectivity index (χ2n) is 4.06. The molecule has 0 spiro atoms. The Morgan fingerprint density at radius 1 is 1.56 bits per heavy atom. The number of rotatable bonds is 3. The summed E-state index contributed by atoms with van der Waals surface area (Å²) in [6.45, 7) is 1.77. The van der Waals surface area contributed by atoms with E-state index in [2.05, 4.69) is 62.0 Å². The SMILES string of the molecule is CNC(c1cc(Br)ccc1I)C1CCOC1. The van der Waals surface area contributed by atoms with E-state index in [1.807, 2.05) is 7.05 Å². The normalized spacial score (nSPS) is 22.3. The van der Waals surface area contributed by atoms with Crippen LogP contribution in [0, 0.1) is 9.49 Å². The van der Waals surface area contributed by atoms with Gasteiger partial charge in [0.2, 0.25) is 0 Å². The van der Waals surface area contributed by atoms with Gasteiger partial charge in [-0.3, -0.25) is 0 Å². The Labute approximate surface area is 118 Å². The van der Waals surface area contributed by atoms with Crippen LogP contribution in [0.1, 0.15) is 18.0 Å². The molecule has 0 radical (unpaired) electrons. The molecule has 1 aliphatic rings. The van der Waals surface area contributed by atoms with Gasteiger partial charge in [-0.1, -0.05) is 15.9 Å². The predicted molar refractivity (Wildman–Crippen MR) is 77.6 cm³/mol. The summed E-state index contributed by atoms with van der Waals surface area (Å²) in [5.41, 5.74) is 1.37. The average molecular weight is 396 g/mol. The lowest BCUT2D eigenvalue weighted by Crippen LogP contribution is -2.26. The van der Waals surface area contributed by atoms with Crippen LogP contribution in [0.3, 0.4) is 0 Å². The van der Waals surface area contributed by atoms with Gasteiger partial charge in [0.25, 0.3) is 0 Å². The lowest BCUT2D eigenvalue weighted by molar-refractivity contribution is 0.177. The van der Waals surface area contributed by atoms with Crippen molar-refractivity contribution >= 4 is 38.5 Å². The van der Waals surface area contributed by atoms with Gasteiger partial charge in [-0.25, -0.2) is 0 Å². The van der Waals surface area contributed by atoms with E-state index in [4.69, 9.17) is 4.74 Å². The Morgan fingerprint density at radius 3 is 3.00 bits per heavy atom. The Kier molecular flexibility index (Phi) is 4.64. The number of ether oxygens (including phenoxy) is 1. The van der Waals surface area contributed by atoms with Gasteiger partial charge in [0, 0.05) is 26.6 Å². The standard InChI is InChI=1S/C12H15BrINO/c1-15-12(8-4-5-16-7-8)10-6-9(13)2-3-11(10)14/h2-3,6,8,12,15H,4-5,7H2,1H3. The van der Waals surface area contributed by atoms with Crippen LogP contribution in [0.4, 0.5) is 0 Å². The first kappa shape index (κ1) is 12.8. The summed E-state index contributed by atoms with van der Waals surface area (Å²) in [6.07, 6.45) is 1.15. The van der Waals surface area contributed by atoms with Crippen LogP contribution in [-0.4, -0.2) is 20.3 Å². The highest BCUT2D eigenvalue weighted by Crippen LogP contribution is 2.32. The zero-order chi connectivity index (χ0) is 11.5. The van der Waals surface area contributed by atoms with Gasteiger partial charge >= 0.3 is 0 Å². The van der Waals surface area contributed by atoms with Crippen molar-refractivity contribution < 1.29 is 4.74 Å². The lowest BCUT2D eigenvalue weighted by Gasteiger charge is -2.23. The molecule has 1 aromatic rings. The van der Waals surface area contributed by atoms with E-state index >= 15 is 0 Å². The molecule has 1 aliphatic heterocycles. The van der Waals surface area contributed by atoms with E-state index in [9.17, 15) is 0 Å². The summed E-state index contributed by atoms with van der Waals surface area (Å²) in [5.74, 6) is 0.591. The fourth-order valence-corrected chi connectivity index (χ4v) is 3.26. The van der Waals surface area contributed by atoms with Gasteiger partial charge in [-0.15, -0.1) is 0 Å². The first-order valence-corrected chi connectivity index (χ1v) is 7.29. The fraction of sp³-hybridized carbons (Fsp3) is 0.500. The van der Waals surface area contributed by atoms with E-state index in [1.165, 1.54) is 9.13 Å². The molecule has 0 aromatic heterocycles. The lowest BCUT2D eigenvalue weighted by atomic mass is 9.92. The molecule has 4 heteroatoms. The molecule has 1 saturated heterocycles. The molecule has 1 aromatic carbocycles. The zero-order valence-electron chi connectivity index (χ0n) is 9.17. The number of hydrogen-bond donors (Lipinski definition) is 1. The number of nitrogens with one attached hydrogen (secondary N) is 1. The summed E-state index contributed by atoms with van der Waals surface area (Å²) < 4.78 is 7.93. The van der Waals surface area contributed by atoms with Gasteiger partial charge < -0.3 is 10.1 Å². The molecule has 2 atom stereocenters. The highest BCUT2D eigenvalue weighted by Gasteiger charge is 2.27. The smallest absolute Gasteiger partial charge is 0.0513 e. The summed E-state index contributed by atoms with van der Waals surface area (Å²) in [7, 11) is 2.03. The zero-order valence-corrected chi connectivity index (χ0v) is 12.9. The monoisotopic (exact) mass is 395 g/mol. The van der Waals surface area contributed by atoms with E-state index in [-0.39, 0.29) is 0 Å². The van der Waals surface area contributed by atoms with E-state index < -0.39 is 0 Å². The first-order valence-electron chi connectivity index (χ1n) is 5.42. The minimum Gasteiger partial charge on any atom is -0.381 e. The third-order valence-corrected chi connectivity index (χ3v) is 4.52. The van der Waals surface area contributed by atoms with Gasteiger partial charge in [-0.2, -0.15) is 0 Å². The number of halogens is 2. The van der Waals surface area contributed by atoms with Crippen LogP contribution in [0.5, 0.6) is 0 Å². The van der Waals surface area contributed by atoms with Crippen LogP contribution in [0.15, 0.2) is 22.7 Å². The van der Waals surface area contributed by atoms with E-state index in [0.29, 0.717) is 12.0 Å². The van der Waals surface area contributed by atoms with Crippen molar-refractivity contribution in [2.45, 2.75) is 12.5 Å². The second kappa shape index (κ2) is 5.80. The highest BCUT2D eigenvalue weighted by atomic mass is 127. The highest BCUT2D eigenvalue weighted by molar-refractivity contribution is 14.1. The van der Waals surface area contributed by atoms with Crippen LogP contribution in [-0.2, 0) is 4.74 Å². The van der Waals surface area contributed by atoms with Gasteiger partial charge in [0.05, 0.1) is 6.61 Å². The van der Waals surface area contributed by atoms with Gasteiger partial charge in [0.1, 0.15) is 0 Å². The predicted octanol–water partition coefficient (Wildman–Crippen LogP) is 3.35. The van der Waals surface area contributed by atoms with E-state index in [1.54, 1.807) is 0 Å². The van der Waals surface area contributed by atoms with Crippen LogP contribution in [0.2, 0.25) is 0 Å². The summed E-state index contributed by atoms with van der Waals surface area (Å²) >= 11 is 5.94. The Bertz CT molecular complexity index is 366. The summed E-state index contributed by atoms with van der Waals surface area (Å²) in [5, 5.41) is 3.42. The number of hydrogen-bond acceptors (Lipinski definition) is 2. The van der Waals surface area contributed by atoms with Crippen molar-refractivity contribution in [3.63, 3.8) is 0 Å². The molecule has 2 rings (SSSR count). The molecule has 0 bridgehead atoms. The Balaban J connectivity index is 2.28. The quantitative estimate of drug-likeness (QED) is 0.792. The molecule has 1 heterocycles. The Morgan fingerprint density at radius 2 is 2.38 bits per heavy atom. The molecular formula is C12H15BrINO. The van der Waals surface area contributed by atoms with Gasteiger partial charge in [0.15, 0.2) is 0 Å². The van der Waals surface area contributed by atoms with Crippen molar-refractivity contribution in [2.24, 2.45) is 5.92 Å². The topological polar surface area (TPSA) is 21.3 Å². The van der Waals surface area contributed by atoms with Crippen molar-refractivity contribution in [3.05, 3.63) is 31.8 Å². The van der Waals surface area contributed by atoms with Crippen LogP contribution in [0.25, 0.3) is 0 Å². The number of benzene rings is 1. The molecule has 0 saturated carbocycles. The molecule has 88 valence electrons. The second-order valence-corrected chi connectivity index (χ2v) is 6.13. The van der Waals surface area contributed by atoms with E-state index in [0.717, 1.165) is 24.1 Å². The third kappa shape index (κ3) is 2.78. The fourth-order valence-electron chi connectivity index (χ4n) is 2.21. The molecular weight excluding hydrogens is 381 g/mol. The molecule has 1 N–H and O–H groups in total. The maximum absolute atomic E-state index is 5.48. The largest absolute Gasteiger partial charge is 0.381 e. The molecule has 2 unspecified atom stereocenters. The molecule has 16 heavy (non-hydrogen) atoms. The van der Waals surface area contributed by atoms with Crippen molar-refractivity contribution in [1.82, 2.24) is 5.32 Å². The Hall–Kier alpha value is 0.350. The molecule has 2 nitrogen and oxygen atoms in total. The maximum atomic E-state index is 5.48.